The third kappa shape index (κ3) is 1.37. The van der Waals surface area contributed by atoms with Gasteiger partial charge in [0.15, 0.2) is 5.76 Å². The smallest absolute Gasteiger partial charge is 0.201 e. The Bertz CT molecular complexity index is 217. The van der Waals surface area contributed by atoms with Crippen LogP contribution in [0.25, 0.3) is 0 Å². The minimum atomic E-state index is 0.161. The van der Waals surface area contributed by atoms with Crippen molar-refractivity contribution in [2.24, 2.45) is 5.92 Å². The van der Waals surface area contributed by atoms with Gasteiger partial charge in [0.2, 0.25) is 5.78 Å². The highest BCUT2D eigenvalue weighted by Gasteiger charge is 2.27. The summed E-state index contributed by atoms with van der Waals surface area (Å²) < 4.78 is 5.21. The number of ether oxygens (including phenoxy) is 1. The van der Waals surface area contributed by atoms with Crippen LogP contribution in [0.3, 0.4) is 0 Å². The van der Waals surface area contributed by atoms with Gasteiger partial charge in [-0.05, 0) is 19.0 Å². The molecule has 0 bridgehead atoms. The fourth-order valence-corrected chi connectivity index (χ4v) is 1.67. The zero-order chi connectivity index (χ0) is 8.39. The number of rotatable bonds is 2. The topological polar surface area (TPSA) is 38.3 Å². The van der Waals surface area contributed by atoms with Crippen molar-refractivity contribution in [3.05, 3.63) is 11.8 Å². The van der Waals surface area contributed by atoms with Crippen LogP contribution in [0.15, 0.2) is 11.8 Å². The molecule has 2 rings (SSSR count). The van der Waals surface area contributed by atoms with Crippen LogP contribution in [0, 0.1) is 5.92 Å². The number of hydrogen-bond donors (Lipinski definition) is 1. The van der Waals surface area contributed by atoms with Crippen molar-refractivity contribution in [1.82, 2.24) is 5.32 Å². The number of Topliss-reactive ketones (excluding diaryl/α,β-unsaturated/α-hetero) is 1. The Hall–Kier alpha value is -0.830. The van der Waals surface area contributed by atoms with Crippen LogP contribution < -0.4 is 5.32 Å². The first-order valence-corrected chi connectivity index (χ1v) is 4.46. The van der Waals surface area contributed by atoms with Crippen LogP contribution in [0.4, 0.5) is 0 Å². The molecule has 0 radical (unpaired) electrons. The van der Waals surface area contributed by atoms with E-state index in [1.165, 1.54) is 0 Å². The molecular weight excluding hydrogens is 154 g/mol. The second kappa shape index (κ2) is 3.27. The molecule has 3 nitrogen and oxygen atoms in total. The van der Waals surface area contributed by atoms with Gasteiger partial charge in [0.05, 0.1) is 6.61 Å². The molecule has 0 aromatic carbocycles. The van der Waals surface area contributed by atoms with Gasteiger partial charge in [-0.1, -0.05) is 0 Å². The molecule has 2 aliphatic rings. The third-order valence-electron chi connectivity index (χ3n) is 2.38. The van der Waals surface area contributed by atoms with Crippen molar-refractivity contribution in [2.45, 2.75) is 12.8 Å². The number of carbonyl (C=O) groups is 1. The quantitative estimate of drug-likeness (QED) is 0.649. The summed E-state index contributed by atoms with van der Waals surface area (Å²) in [5.74, 6) is 0.954. The van der Waals surface area contributed by atoms with Crippen molar-refractivity contribution in [3.63, 3.8) is 0 Å². The highest BCUT2D eigenvalue weighted by Crippen LogP contribution is 2.18. The zero-order valence-electron chi connectivity index (χ0n) is 7.01. The Morgan fingerprint density at radius 1 is 1.67 bits per heavy atom. The van der Waals surface area contributed by atoms with Crippen molar-refractivity contribution < 1.29 is 9.53 Å². The number of allylic oxidation sites excluding steroid dienone is 1. The van der Waals surface area contributed by atoms with Gasteiger partial charge in [-0.2, -0.15) is 0 Å². The molecule has 0 aliphatic carbocycles. The van der Waals surface area contributed by atoms with E-state index in [0.29, 0.717) is 12.4 Å². The molecule has 1 N–H and O–H groups in total. The molecule has 1 fully saturated rings. The van der Waals surface area contributed by atoms with E-state index in [1.807, 2.05) is 6.08 Å². The van der Waals surface area contributed by atoms with Crippen LogP contribution in [0.1, 0.15) is 12.8 Å². The van der Waals surface area contributed by atoms with Gasteiger partial charge in [-0.3, -0.25) is 4.79 Å². The summed E-state index contributed by atoms with van der Waals surface area (Å²) in [4.78, 5) is 11.6. The lowest BCUT2D eigenvalue weighted by atomic mass is 10.0. The average Bonchev–Trinajstić information content (AvgIpc) is 2.77. The minimum Gasteiger partial charge on any atom is -0.490 e. The van der Waals surface area contributed by atoms with Crippen molar-refractivity contribution in [3.8, 4) is 0 Å². The number of carbonyl (C=O) groups excluding carboxylic acids is 1. The monoisotopic (exact) mass is 167 g/mol. The predicted octanol–water partition coefficient (Wildman–Crippen LogP) is 0.469. The number of hydrogen-bond acceptors (Lipinski definition) is 3. The summed E-state index contributed by atoms with van der Waals surface area (Å²) in [6, 6.07) is 0. The van der Waals surface area contributed by atoms with Crippen molar-refractivity contribution in [1.29, 1.82) is 0 Å². The van der Waals surface area contributed by atoms with E-state index >= 15 is 0 Å². The lowest BCUT2D eigenvalue weighted by Gasteiger charge is -2.07. The average molecular weight is 167 g/mol. The first-order valence-electron chi connectivity index (χ1n) is 4.46. The minimum absolute atomic E-state index is 0.161. The maximum Gasteiger partial charge on any atom is 0.201 e. The van der Waals surface area contributed by atoms with E-state index in [9.17, 15) is 4.79 Å². The highest BCUT2D eigenvalue weighted by molar-refractivity contribution is 5.95. The first kappa shape index (κ1) is 7.80. The number of ketones is 1. The molecular formula is C9H13NO2. The fourth-order valence-electron chi connectivity index (χ4n) is 1.67. The van der Waals surface area contributed by atoms with Crippen LogP contribution >= 0.6 is 0 Å². The Balaban J connectivity index is 1.98. The van der Waals surface area contributed by atoms with Crippen molar-refractivity contribution >= 4 is 5.78 Å². The molecule has 1 saturated heterocycles. The van der Waals surface area contributed by atoms with Gasteiger partial charge in [0, 0.05) is 18.9 Å². The van der Waals surface area contributed by atoms with Crippen LogP contribution in [0.2, 0.25) is 0 Å². The lowest BCUT2D eigenvalue weighted by Crippen LogP contribution is -2.19. The van der Waals surface area contributed by atoms with Gasteiger partial charge in [-0.15, -0.1) is 0 Å². The molecule has 0 aromatic rings. The van der Waals surface area contributed by atoms with E-state index < -0.39 is 0 Å². The van der Waals surface area contributed by atoms with Gasteiger partial charge < -0.3 is 10.1 Å². The molecule has 2 aliphatic heterocycles. The predicted molar refractivity (Wildman–Crippen MR) is 44.6 cm³/mol. The summed E-state index contributed by atoms with van der Waals surface area (Å²) in [6.07, 6.45) is 3.75. The molecule has 0 saturated carbocycles. The zero-order valence-corrected chi connectivity index (χ0v) is 7.01. The maximum absolute atomic E-state index is 11.6. The van der Waals surface area contributed by atoms with Crippen LogP contribution in [-0.2, 0) is 9.53 Å². The van der Waals surface area contributed by atoms with Gasteiger partial charge in [0.25, 0.3) is 0 Å². The maximum atomic E-state index is 11.6. The summed E-state index contributed by atoms with van der Waals surface area (Å²) in [6.45, 7) is 2.46. The summed E-state index contributed by atoms with van der Waals surface area (Å²) in [5.41, 5.74) is 0. The van der Waals surface area contributed by atoms with Gasteiger partial charge in [0.1, 0.15) is 0 Å². The standard InChI is InChI=1S/C9H13NO2/c11-9(7-3-4-10-6-7)8-2-1-5-12-8/h2,7,10H,1,3-6H2. The lowest BCUT2D eigenvalue weighted by molar-refractivity contribution is -0.121. The molecule has 1 unspecified atom stereocenters. The third-order valence-corrected chi connectivity index (χ3v) is 2.38. The SMILES string of the molecule is O=C(C1=CCCO1)C1CCNC1. The largest absolute Gasteiger partial charge is 0.490 e. The molecule has 2 heterocycles. The van der Waals surface area contributed by atoms with E-state index in [-0.39, 0.29) is 11.7 Å². The Kier molecular flexibility index (Phi) is 2.13. The second-order valence-corrected chi connectivity index (χ2v) is 3.26. The Morgan fingerprint density at radius 2 is 2.58 bits per heavy atom. The summed E-state index contributed by atoms with van der Waals surface area (Å²) in [5, 5.41) is 3.17. The highest BCUT2D eigenvalue weighted by atomic mass is 16.5. The van der Waals surface area contributed by atoms with E-state index in [2.05, 4.69) is 5.32 Å². The molecule has 1 atom stereocenters. The molecule has 3 heteroatoms. The number of nitrogens with one attached hydrogen (secondary N) is 1. The second-order valence-electron chi connectivity index (χ2n) is 3.26. The molecule has 0 spiro atoms. The van der Waals surface area contributed by atoms with Crippen molar-refractivity contribution in [2.75, 3.05) is 19.7 Å². The molecule has 0 amide bonds. The van der Waals surface area contributed by atoms with Gasteiger partial charge in [-0.25, -0.2) is 0 Å². The first-order chi connectivity index (χ1) is 5.88. The van der Waals surface area contributed by atoms with E-state index in [4.69, 9.17) is 4.74 Å². The van der Waals surface area contributed by atoms with E-state index in [0.717, 1.165) is 25.9 Å². The Labute approximate surface area is 71.8 Å². The van der Waals surface area contributed by atoms with Crippen LogP contribution in [0.5, 0.6) is 0 Å². The van der Waals surface area contributed by atoms with Crippen LogP contribution in [-0.4, -0.2) is 25.5 Å². The molecule has 66 valence electrons. The molecule has 12 heavy (non-hydrogen) atoms. The molecule has 0 aromatic heterocycles. The normalized spacial score (nSPS) is 28.3. The Morgan fingerprint density at radius 3 is 3.17 bits per heavy atom. The summed E-state index contributed by atoms with van der Waals surface area (Å²) >= 11 is 0. The van der Waals surface area contributed by atoms with E-state index in [1.54, 1.807) is 0 Å². The van der Waals surface area contributed by atoms with Gasteiger partial charge >= 0.3 is 0 Å². The fraction of sp³-hybridized carbons (Fsp3) is 0.667. The summed E-state index contributed by atoms with van der Waals surface area (Å²) in [7, 11) is 0.